The summed E-state index contributed by atoms with van der Waals surface area (Å²) in [5.74, 6) is -0.362. The fourth-order valence-electron chi connectivity index (χ4n) is 2.00. The van der Waals surface area contributed by atoms with E-state index in [0.717, 1.165) is 15.2 Å². The van der Waals surface area contributed by atoms with Gasteiger partial charge in [-0.2, -0.15) is 5.10 Å². The Balaban J connectivity index is 1.70. The first-order valence-electron chi connectivity index (χ1n) is 6.98. The number of carbonyl (C=O) groups is 1. The summed E-state index contributed by atoms with van der Waals surface area (Å²) >= 11 is 1.52. The number of benzene rings is 1. The molecule has 0 saturated carbocycles. The molecule has 2 aromatic heterocycles. The highest BCUT2D eigenvalue weighted by Crippen LogP contribution is 2.21. The first kappa shape index (κ1) is 15.1. The highest BCUT2D eigenvalue weighted by atomic mass is 32.1. The third-order valence-electron chi connectivity index (χ3n) is 3.16. The molecule has 7 heteroatoms. The molecule has 23 heavy (non-hydrogen) atoms. The molecule has 0 aliphatic carbocycles. The zero-order chi connectivity index (χ0) is 16.2. The SMILES string of the molecule is C/C(=N/NC(=O)Cn1ccccc1=O)c1nc2ccccc2s1. The Morgan fingerprint density at radius 3 is 2.83 bits per heavy atom. The molecule has 0 saturated heterocycles. The summed E-state index contributed by atoms with van der Waals surface area (Å²) in [5.41, 5.74) is 3.76. The van der Waals surface area contributed by atoms with Crippen LogP contribution in [0.3, 0.4) is 0 Å². The molecule has 6 nitrogen and oxygen atoms in total. The Labute approximate surface area is 136 Å². The van der Waals surface area contributed by atoms with Crippen molar-refractivity contribution in [1.82, 2.24) is 15.0 Å². The highest BCUT2D eigenvalue weighted by Gasteiger charge is 2.07. The van der Waals surface area contributed by atoms with E-state index in [1.165, 1.54) is 22.0 Å². The molecule has 0 aliphatic heterocycles. The zero-order valence-corrected chi connectivity index (χ0v) is 13.2. The van der Waals surface area contributed by atoms with Gasteiger partial charge >= 0.3 is 0 Å². The minimum atomic E-state index is -0.362. The number of amides is 1. The van der Waals surface area contributed by atoms with Crippen molar-refractivity contribution < 1.29 is 4.79 Å². The van der Waals surface area contributed by atoms with Crippen LogP contribution in [0.25, 0.3) is 10.2 Å². The van der Waals surface area contributed by atoms with Crippen molar-refractivity contribution in [1.29, 1.82) is 0 Å². The number of hydrazone groups is 1. The van der Waals surface area contributed by atoms with E-state index < -0.39 is 0 Å². The van der Waals surface area contributed by atoms with Crippen molar-refractivity contribution in [2.24, 2.45) is 5.10 Å². The average Bonchev–Trinajstić information content (AvgIpc) is 2.99. The predicted molar refractivity (Wildman–Crippen MR) is 90.7 cm³/mol. The zero-order valence-electron chi connectivity index (χ0n) is 12.4. The second kappa shape index (κ2) is 6.53. The van der Waals surface area contributed by atoms with Crippen molar-refractivity contribution in [3.05, 3.63) is 64.0 Å². The Kier molecular flexibility index (Phi) is 4.29. The van der Waals surface area contributed by atoms with Crippen molar-refractivity contribution in [3.63, 3.8) is 0 Å². The van der Waals surface area contributed by atoms with Crippen molar-refractivity contribution in [2.45, 2.75) is 13.5 Å². The molecule has 3 aromatic rings. The largest absolute Gasteiger partial charge is 0.306 e. The van der Waals surface area contributed by atoms with Gasteiger partial charge in [0, 0.05) is 12.3 Å². The van der Waals surface area contributed by atoms with Crippen LogP contribution in [0.2, 0.25) is 0 Å². The lowest BCUT2D eigenvalue weighted by molar-refractivity contribution is -0.121. The number of pyridine rings is 1. The van der Waals surface area contributed by atoms with Crippen LogP contribution in [0.5, 0.6) is 0 Å². The number of rotatable bonds is 4. The second-order valence-electron chi connectivity index (χ2n) is 4.89. The van der Waals surface area contributed by atoms with Gasteiger partial charge in [0.25, 0.3) is 11.5 Å². The van der Waals surface area contributed by atoms with Crippen molar-refractivity contribution in [2.75, 3.05) is 0 Å². The Morgan fingerprint density at radius 1 is 1.26 bits per heavy atom. The molecule has 0 aliphatic rings. The van der Waals surface area contributed by atoms with E-state index in [-0.39, 0.29) is 18.0 Å². The van der Waals surface area contributed by atoms with Crippen LogP contribution in [0.1, 0.15) is 11.9 Å². The van der Waals surface area contributed by atoms with E-state index in [0.29, 0.717) is 5.71 Å². The minimum Gasteiger partial charge on any atom is -0.306 e. The summed E-state index contributed by atoms with van der Waals surface area (Å²) in [6.07, 6.45) is 1.56. The van der Waals surface area contributed by atoms with Gasteiger partial charge in [-0.3, -0.25) is 9.59 Å². The van der Waals surface area contributed by atoms with E-state index in [4.69, 9.17) is 0 Å². The molecule has 0 radical (unpaired) electrons. The molecular formula is C16H14N4O2S. The van der Waals surface area contributed by atoms with Crippen LogP contribution >= 0.6 is 11.3 Å². The quantitative estimate of drug-likeness (QED) is 0.588. The molecule has 3 rings (SSSR count). The van der Waals surface area contributed by atoms with Crippen LogP contribution in [-0.2, 0) is 11.3 Å². The standard InChI is InChI=1S/C16H14N4O2S/c1-11(16-17-12-6-2-3-7-13(12)23-16)18-19-14(21)10-20-9-5-4-8-15(20)22/h2-9H,10H2,1H3,(H,19,21)/b18-11-. The third-order valence-corrected chi connectivity index (χ3v) is 4.31. The molecule has 0 unspecified atom stereocenters. The van der Waals surface area contributed by atoms with Crippen LogP contribution in [0.4, 0.5) is 0 Å². The average molecular weight is 326 g/mol. The van der Waals surface area contributed by atoms with Crippen molar-refractivity contribution in [3.8, 4) is 0 Å². The third kappa shape index (κ3) is 3.51. The summed E-state index contributed by atoms with van der Waals surface area (Å²) in [7, 11) is 0. The molecule has 0 spiro atoms. The summed E-state index contributed by atoms with van der Waals surface area (Å²) in [6.45, 7) is 1.71. The molecule has 1 N–H and O–H groups in total. The maximum atomic E-state index is 11.9. The van der Waals surface area contributed by atoms with Crippen LogP contribution in [-0.4, -0.2) is 21.2 Å². The second-order valence-corrected chi connectivity index (χ2v) is 5.92. The molecule has 0 atom stereocenters. The van der Waals surface area contributed by atoms with Gasteiger partial charge < -0.3 is 4.57 Å². The maximum absolute atomic E-state index is 11.9. The van der Waals surface area contributed by atoms with Crippen molar-refractivity contribution >= 4 is 33.2 Å². The molecule has 2 heterocycles. The van der Waals surface area contributed by atoms with Gasteiger partial charge in [-0.05, 0) is 25.1 Å². The number of fused-ring (bicyclic) bond motifs is 1. The predicted octanol–water partition coefficient (Wildman–Crippen LogP) is 2.00. The normalized spacial score (nSPS) is 11.6. The number of nitrogens with zero attached hydrogens (tertiary/aromatic N) is 3. The first-order chi connectivity index (χ1) is 11.1. The molecule has 1 aromatic carbocycles. The van der Waals surface area contributed by atoms with Gasteiger partial charge in [0.1, 0.15) is 11.6 Å². The van der Waals surface area contributed by atoms with Gasteiger partial charge in [0.2, 0.25) is 0 Å². The molecular weight excluding hydrogens is 312 g/mol. The minimum absolute atomic E-state index is 0.0731. The van der Waals surface area contributed by atoms with Gasteiger partial charge in [-0.1, -0.05) is 18.2 Å². The summed E-state index contributed by atoms with van der Waals surface area (Å²) < 4.78 is 2.39. The monoisotopic (exact) mass is 326 g/mol. The Bertz CT molecular complexity index is 909. The van der Waals surface area contributed by atoms with E-state index in [1.54, 1.807) is 25.3 Å². The summed E-state index contributed by atoms with van der Waals surface area (Å²) in [4.78, 5) is 27.9. The van der Waals surface area contributed by atoms with Gasteiger partial charge in [0.15, 0.2) is 0 Å². The summed E-state index contributed by atoms with van der Waals surface area (Å²) in [6, 6.07) is 12.5. The van der Waals surface area contributed by atoms with E-state index in [1.807, 2.05) is 24.3 Å². The number of nitrogens with one attached hydrogen (secondary N) is 1. The van der Waals surface area contributed by atoms with Gasteiger partial charge in [-0.15, -0.1) is 11.3 Å². The molecule has 0 bridgehead atoms. The van der Waals surface area contributed by atoms with Crippen LogP contribution in [0, 0.1) is 0 Å². The van der Waals surface area contributed by atoms with Crippen LogP contribution < -0.4 is 11.0 Å². The number of aromatic nitrogens is 2. The van der Waals surface area contributed by atoms with E-state index >= 15 is 0 Å². The number of hydrogen-bond donors (Lipinski definition) is 1. The number of para-hydroxylation sites is 1. The number of hydrogen-bond acceptors (Lipinski definition) is 5. The molecule has 1 amide bonds. The van der Waals surface area contributed by atoms with E-state index in [2.05, 4.69) is 15.5 Å². The molecule has 0 fully saturated rings. The van der Waals surface area contributed by atoms with Gasteiger partial charge in [0.05, 0.1) is 15.9 Å². The number of carbonyl (C=O) groups excluding carboxylic acids is 1. The Morgan fingerprint density at radius 2 is 2.04 bits per heavy atom. The Hall–Kier alpha value is -2.80. The fraction of sp³-hybridized carbons (Fsp3) is 0.125. The smallest absolute Gasteiger partial charge is 0.260 e. The van der Waals surface area contributed by atoms with E-state index in [9.17, 15) is 9.59 Å². The highest BCUT2D eigenvalue weighted by molar-refractivity contribution is 7.20. The molecule has 116 valence electrons. The lowest BCUT2D eigenvalue weighted by atomic mass is 10.3. The maximum Gasteiger partial charge on any atom is 0.260 e. The lowest BCUT2D eigenvalue weighted by Gasteiger charge is -2.03. The first-order valence-corrected chi connectivity index (χ1v) is 7.80. The fourth-order valence-corrected chi connectivity index (χ4v) is 2.91. The van der Waals surface area contributed by atoms with Crippen LogP contribution in [0.15, 0.2) is 58.6 Å². The van der Waals surface area contributed by atoms with Gasteiger partial charge in [-0.25, -0.2) is 10.4 Å². The number of thiazole rings is 1. The topological polar surface area (TPSA) is 76.3 Å². The summed E-state index contributed by atoms with van der Waals surface area (Å²) in [5, 5.41) is 4.82. The lowest BCUT2D eigenvalue weighted by Crippen LogP contribution is -2.29.